The van der Waals surface area contributed by atoms with Crippen molar-refractivity contribution >= 4 is 21.6 Å². The first-order chi connectivity index (χ1) is 9.44. The number of anilines is 1. The van der Waals surface area contributed by atoms with Crippen molar-refractivity contribution in [1.29, 1.82) is 5.26 Å². The standard InChI is InChI=1S/C16H22BrN3/c1-16(2)9-11-19(3)15(8-10-18)12-20(16)14-6-4-13(17)5-7-14/h4-7,15H,8-9,11-12H2,1-3H3. The Morgan fingerprint density at radius 2 is 2.00 bits per heavy atom. The first-order valence-corrected chi connectivity index (χ1v) is 7.84. The van der Waals surface area contributed by atoms with Gasteiger partial charge in [0, 0.05) is 34.8 Å². The topological polar surface area (TPSA) is 30.3 Å². The molecule has 0 aliphatic carbocycles. The average Bonchev–Trinajstić information content (AvgIpc) is 2.51. The molecular formula is C16H22BrN3. The summed E-state index contributed by atoms with van der Waals surface area (Å²) in [6.07, 6.45) is 1.68. The van der Waals surface area contributed by atoms with Crippen LogP contribution < -0.4 is 4.90 Å². The lowest BCUT2D eigenvalue weighted by atomic mass is 9.97. The molecule has 1 aliphatic rings. The Kier molecular flexibility index (Phi) is 4.72. The third-order valence-electron chi connectivity index (χ3n) is 4.29. The van der Waals surface area contributed by atoms with Gasteiger partial charge in [0.15, 0.2) is 0 Å². The van der Waals surface area contributed by atoms with Crippen molar-refractivity contribution in [3.8, 4) is 6.07 Å². The molecule has 108 valence electrons. The smallest absolute Gasteiger partial charge is 0.0638 e. The highest BCUT2D eigenvalue weighted by molar-refractivity contribution is 9.10. The normalized spacial score (nSPS) is 23.1. The van der Waals surface area contributed by atoms with Crippen LogP contribution in [0.4, 0.5) is 5.69 Å². The van der Waals surface area contributed by atoms with Gasteiger partial charge >= 0.3 is 0 Å². The van der Waals surface area contributed by atoms with E-state index < -0.39 is 0 Å². The van der Waals surface area contributed by atoms with Gasteiger partial charge in [-0.25, -0.2) is 0 Å². The van der Waals surface area contributed by atoms with E-state index in [0.29, 0.717) is 12.5 Å². The van der Waals surface area contributed by atoms with Gasteiger partial charge in [-0.3, -0.25) is 0 Å². The molecule has 0 aromatic heterocycles. The molecule has 0 radical (unpaired) electrons. The van der Waals surface area contributed by atoms with E-state index in [1.54, 1.807) is 0 Å². The van der Waals surface area contributed by atoms with E-state index in [4.69, 9.17) is 5.26 Å². The van der Waals surface area contributed by atoms with Crippen LogP contribution in [0.3, 0.4) is 0 Å². The quantitative estimate of drug-likeness (QED) is 0.826. The maximum Gasteiger partial charge on any atom is 0.0638 e. The number of halogens is 1. The lowest BCUT2D eigenvalue weighted by molar-refractivity contribution is 0.260. The molecule has 1 heterocycles. The van der Waals surface area contributed by atoms with E-state index in [0.717, 1.165) is 24.0 Å². The predicted molar refractivity (Wildman–Crippen MR) is 86.8 cm³/mol. The Hall–Kier alpha value is -1.05. The highest BCUT2D eigenvalue weighted by atomic mass is 79.9. The molecule has 0 bridgehead atoms. The van der Waals surface area contributed by atoms with Gasteiger partial charge in [-0.15, -0.1) is 0 Å². The number of rotatable bonds is 2. The highest BCUT2D eigenvalue weighted by Crippen LogP contribution is 2.31. The Bertz CT molecular complexity index is 489. The molecule has 0 saturated carbocycles. The average molecular weight is 336 g/mol. The lowest BCUT2D eigenvalue weighted by Crippen LogP contribution is -2.46. The van der Waals surface area contributed by atoms with E-state index in [1.165, 1.54) is 5.69 Å². The minimum Gasteiger partial charge on any atom is -0.365 e. The molecule has 1 saturated heterocycles. The molecule has 0 spiro atoms. The van der Waals surface area contributed by atoms with Crippen molar-refractivity contribution in [3.05, 3.63) is 28.7 Å². The number of hydrogen-bond acceptors (Lipinski definition) is 3. The van der Waals surface area contributed by atoms with Crippen molar-refractivity contribution in [2.75, 3.05) is 25.0 Å². The van der Waals surface area contributed by atoms with Crippen LogP contribution in [-0.4, -0.2) is 36.6 Å². The summed E-state index contributed by atoms with van der Waals surface area (Å²) in [5.74, 6) is 0. The Balaban J connectivity index is 2.31. The van der Waals surface area contributed by atoms with Crippen molar-refractivity contribution in [1.82, 2.24) is 4.90 Å². The molecule has 1 aliphatic heterocycles. The van der Waals surface area contributed by atoms with Crippen LogP contribution in [0.1, 0.15) is 26.7 Å². The third-order valence-corrected chi connectivity index (χ3v) is 4.82. The minimum absolute atomic E-state index is 0.103. The number of hydrogen-bond donors (Lipinski definition) is 0. The van der Waals surface area contributed by atoms with E-state index in [2.05, 4.69) is 77.0 Å². The lowest BCUT2D eigenvalue weighted by Gasteiger charge is -2.40. The van der Waals surface area contributed by atoms with Gasteiger partial charge in [-0.2, -0.15) is 5.26 Å². The Morgan fingerprint density at radius 1 is 1.35 bits per heavy atom. The van der Waals surface area contributed by atoms with Crippen molar-refractivity contribution in [3.63, 3.8) is 0 Å². The Morgan fingerprint density at radius 3 is 2.60 bits per heavy atom. The maximum absolute atomic E-state index is 9.05. The molecule has 1 fully saturated rings. The molecule has 4 heteroatoms. The van der Waals surface area contributed by atoms with Gasteiger partial charge in [0.1, 0.15) is 0 Å². The fourth-order valence-corrected chi connectivity index (χ4v) is 3.03. The first-order valence-electron chi connectivity index (χ1n) is 7.04. The second kappa shape index (κ2) is 6.15. The summed E-state index contributed by atoms with van der Waals surface area (Å²) in [6, 6.07) is 11.1. The zero-order chi connectivity index (χ0) is 14.8. The molecule has 1 aromatic carbocycles. The number of benzene rings is 1. The van der Waals surface area contributed by atoms with E-state index in [9.17, 15) is 0 Å². The minimum atomic E-state index is 0.103. The second-order valence-corrected chi connectivity index (χ2v) is 7.06. The van der Waals surface area contributed by atoms with Crippen LogP contribution in [0, 0.1) is 11.3 Å². The zero-order valence-electron chi connectivity index (χ0n) is 12.4. The Labute approximate surface area is 130 Å². The van der Waals surface area contributed by atoms with Crippen molar-refractivity contribution in [2.45, 2.75) is 38.3 Å². The summed E-state index contributed by atoms with van der Waals surface area (Å²) in [7, 11) is 2.13. The van der Waals surface area contributed by atoms with Gasteiger partial charge in [0.25, 0.3) is 0 Å². The largest absolute Gasteiger partial charge is 0.365 e. The SMILES string of the molecule is CN1CCC(C)(C)N(c2ccc(Br)cc2)CC1CC#N. The van der Waals surface area contributed by atoms with Crippen LogP contribution in [0.25, 0.3) is 0 Å². The van der Waals surface area contributed by atoms with E-state index in [1.807, 2.05) is 0 Å². The third kappa shape index (κ3) is 3.34. The summed E-state index contributed by atoms with van der Waals surface area (Å²) >= 11 is 3.49. The molecule has 2 rings (SSSR count). The number of nitrogens with zero attached hydrogens (tertiary/aromatic N) is 3. The number of nitriles is 1. The fraction of sp³-hybridized carbons (Fsp3) is 0.562. The molecule has 1 aromatic rings. The molecule has 1 unspecified atom stereocenters. The van der Waals surface area contributed by atoms with Gasteiger partial charge < -0.3 is 9.80 Å². The van der Waals surface area contributed by atoms with Crippen LogP contribution in [-0.2, 0) is 0 Å². The van der Waals surface area contributed by atoms with Crippen molar-refractivity contribution in [2.24, 2.45) is 0 Å². The summed E-state index contributed by atoms with van der Waals surface area (Å²) in [5.41, 5.74) is 1.34. The van der Waals surface area contributed by atoms with Crippen LogP contribution in [0.15, 0.2) is 28.7 Å². The zero-order valence-corrected chi connectivity index (χ0v) is 14.0. The molecule has 1 atom stereocenters. The molecule has 20 heavy (non-hydrogen) atoms. The highest BCUT2D eigenvalue weighted by Gasteiger charge is 2.34. The van der Waals surface area contributed by atoms with Crippen LogP contribution >= 0.6 is 15.9 Å². The molecule has 0 amide bonds. The van der Waals surface area contributed by atoms with Crippen LogP contribution in [0.5, 0.6) is 0 Å². The van der Waals surface area contributed by atoms with E-state index >= 15 is 0 Å². The summed E-state index contributed by atoms with van der Waals surface area (Å²) in [4.78, 5) is 4.77. The first kappa shape index (κ1) is 15.3. The van der Waals surface area contributed by atoms with Crippen molar-refractivity contribution < 1.29 is 0 Å². The molecule has 0 N–H and O–H groups in total. The summed E-state index contributed by atoms with van der Waals surface area (Å²) in [5, 5.41) is 9.05. The predicted octanol–water partition coefficient (Wildman–Crippen LogP) is 3.65. The summed E-state index contributed by atoms with van der Waals surface area (Å²) < 4.78 is 1.10. The van der Waals surface area contributed by atoms with Gasteiger partial charge in [-0.05, 0) is 51.6 Å². The van der Waals surface area contributed by atoms with Gasteiger partial charge in [-0.1, -0.05) is 15.9 Å². The monoisotopic (exact) mass is 335 g/mol. The fourth-order valence-electron chi connectivity index (χ4n) is 2.77. The van der Waals surface area contributed by atoms with E-state index in [-0.39, 0.29) is 5.54 Å². The maximum atomic E-state index is 9.05. The molecular weight excluding hydrogens is 314 g/mol. The van der Waals surface area contributed by atoms with Crippen LogP contribution in [0.2, 0.25) is 0 Å². The summed E-state index contributed by atoms with van der Waals surface area (Å²) in [6.45, 7) is 6.51. The van der Waals surface area contributed by atoms with Gasteiger partial charge in [0.05, 0.1) is 12.5 Å². The molecule has 3 nitrogen and oxygen atoms in total. The number of likely N-dealkylation sites (N-methyl/N-ethyl adjacent to an activating group) is 1. The van der Waals surface area contributed by atoms with Gasteiger partial charge in [0.2, 0.25) is 0 Å². The second-order valence-electron chi connectivity index (χ2n) is 6.15.